The van der Waals surface area contributed by atoms with Gasteiger partial charge in [-0.05, 0) is 34.5 Å². The molecule has 0 radical (unpaired) electrons. The van der Waals surface area contributed by atoms with Crippen LogP contribution in [0.4, 0.5) is 5.69 Å². The maximum Gasteiger partial charge on any atom is 0.246 e. The van der Waals surface area contributed by atoms with E-state index in [0.29, 0.717) is 10.3 Å². The second-order valence-electron chi connectivity index (χ2n) is 2.68. The average Bonchev–Trinajstić information content (AvgIpc) is 2.11. The standard InChI is InChI=1S/C7H8BrClN2O2S/c1-5-2-6(7(8)10-3-5)11-14(12,13)4-9/h2-3,11H,4H2,1H3. The molecule has 1 aromatic rings. The molecular weight excluding hydrogens is 292 g/mol. The number of hydrogen-bond donors (Lipinski definition) is 1. The Morgan fingerprint density at radius 3 is 2.86 bits per heavy atom. The number of nitrogens with zero attached hydrogens (tertiary/aromatic N) is 1. The molecule has 7 heteroatoms. The van der Waals surface area contributed by atoms with Crippen LogP contribution < -0.4 is 4.72 Å². The van der Waals surface area contributed by atoms with Crippen molar-refractivity contribution in [2.75, 3.05) is 9.93 Å². The van der Waals surface area contributed by atoms with Crippen molar-refractivity contribution < 1.29 is 8.42 Å². The van der Waals surface area contributed by atoms with Crippen LogP contribution in [0.2, 0.25) is 0 Å². The van der Waals surface area contributed by atoms with Gasteiger partial charge in [0.2, 0.25) is 10.0 Å². The highest BCUT2D eigenvalue weighted by molar-refractivity contribution is 9.10. The molecule has 4 nitrogen and oxygen atoms in total. The molecule has 78 valence electrons. The molecule has 0 spiro atoms. The maximum atomic E-state index is 11.1. The van der Waals surface area contributed by atoms with E-state index in [1.54, 1.807) is 12.3 Å². The first-order valence-corrected chi connectivity index (χ1v) is 6.61. The summed E-state index contributed by atoms with van der Waals surface area (Å²) in [6.07, 6.45) is 1.63. The number of anilines is 1. The van der Waals surface area contributed by atoms with E-state index in [0.717, 1.165) is 5.56 Å². The predicted molar refractivity (Wildman–Crippen MR) is 59.9 cm³/mol. The fourth-order valence-corrected chi connectivity index (χ4v) is 1.97. The van der Waals surface area contributed by atoms with Gasteiger partial charge in [0.1, 0.15) is 9.82 Å². The smallest absolute Gasteiger partial charge is 0.246 e. The molecule has 0 unspecified atom stereocenters. The summed E-state index contributed by atoms with van der Waals surface area (Å²) in [5, 5.41) is -0.479. The second-order valence-corrected chi connectivity index (χ2v) is 5.73. The fourth-order valence-electron chi connectivity index (χ4n) is 0.819. The lowest BCUT2D eigenvalue weighted by Gasteiger charge is -2.07. The second kappa shape index (κ2) is 4.46. The summed E-state index contributed by atoms with van der Waals surface area (Å²) in [5.41, 5.74) is 1.26. The van der Waals surface area contributed by atoms with Crippen LogP contribution in [-0.4, -0.2) is 18.6 Å². The first-order chi connectivity index (χ1) is 6.44. The van der Waals surface area contributed by atoms with Crippen molar-refractivity contribution in [2.45, 2.75) is 6.92 Å². The summed E-state index contributed by atoms with van der Waals surface area (Å²) in [6, 6.07) is 1.67. The molecule has 14 heavy (non-hydrogen) atoms. The molecule has 1 aromatic heterocycles. The minimum Gasteiger partial charge on any atom is -0.280 e. The topological polar surface area (TPSA) is 59.1 Å². The normalized spacial score (nSPS) is 11.4. The Hall–Kier alpha value is -0.330. The van der Waals surface area contributed by atoms with E-state index in [2.05, 4.69) is 25.6 Å². The van der Waals surface area contributed by atoms with Gasteiger partial charge in [0.15, 0.2) is 0 Å². The highest BCUT2D eigenvalue weighted by Gasteiger charge is 2.10. The highest BCUT2D eigenvalue weighted by atomic mass is 79.9. The Bertz CT molecular complexity index is 435. The van der Waals surface area contributed by atoms with Crippen molar-refractivity contribution in [3.63, 3.8) is 0 Å². The van der Waals surface area contributed by atoms with Crippen molar-refractivity contribution >= 4 is 43.2 Å². The van der Waals surface area contributed by atoms with Gasteiger partial charge < -0.3 is 0 Å². The SMILES string of the molecule is Cc1cnc(Br)c(NS(=O)(=O)CCl)c1. The summed E-state index contributed by atoms with van der Waals surface area (Å²) in [4.78, 5) is 3.94. The summed E-state index contributed by atoms with van der Waals surface area (Å²) < 4.78 is 25.0. The van der Waals surface area contributed by atoms with Gasteiger partial charge in [-0.15, -0.1) is 11.6 Å². The van der Waals surface area contributed by atoms with Crippen molar-refractivity contribution in [1.82, 2.24) is 4.98 Å². The number of alkyl halides is 1. The van der Waals surface area contributed by atoms with E-state index in [1.807, 2.05) is 6.92 Å². The molecule has 0 aliphatic heterocycles. The predicted octanol–water partition coefficient (Wildman–Crippen LogP) is 2.09. The molecule has 0 bridgehead atoms. The monoisotopic (exact) mass is 298 g/mol. The van der Waals surface area contributed by atoms with Gasteiger partial charge in [0, 0.05) is 6.20 Å². The third-order valence-electron chi connectivity index (χ3n) is 1.38. The molecule has 0 aromatic carbocycles. The third kappa shape index (κ3) is 3.11. The summed E-state index contributed by atoms with van der Waals surface area (Å²) >= 11 is 8.38. The number of pyridine rings is 1. The zero-order valence-electron chi connectivity index (χ0n) is 7.29. The molecule has 1 heterocycles. The first kappa shape index (κ1) is 11.7. The van der Waals surface area contributed by atoms with Crippen LogP contribution in [0.3, 0.4) is 0 Å². The Morgan fingerprint density at radius 2 is 2.29 bits per heavy atom. The number of nitrogens with one attached hydrogen (secondary N) is 1. The number of aromatic nitrogens is 1. The number of sulfonamides is 1. The quantitative estimate of drug-likeness (QED) is 0.687. The van der Waals surface area contributed by atoms with E-state index >= 15 is 0 Å². The molecule has 0 atom stereocenters. The minimum absolute atomic E-state index is 0.394. The van der Waals surface area contributed by atoms with Crippen molar-refractivity contribution in [3.8, 4) is 0 Å². The number of hydrogen-bond acceptors (Lipinski definition) is 3. The van der Waals surface area contributed by atoms with Crippen LogP contribution in [0.15, 0.2) is 16.9 Å². The van der Waals surface area contributed by atoms with Crippen LogP contribution >= 0.6 is 27.5 Å². The molecule has 0 saturated carbocycles. The number of halogens is 2. The van der Waals surface area contributed by atoms with Gasteiger partial charge in [0.25, 0.3) is 0 Å². The molecule has 0 amide bonds. The minimum atomic E-state index is -3.47. The van der Waals surface area contributed by atoms with Gasteiger partial charge >= 0.3 is 0 Å². The van der Waals surface area contributed by atoms with Crippen LogP contribution in [-0.2, 0) is 10.0 Å². The molecule has 0 saturated heterocycles. The molecule has 0 aliphatic carbocycles. The average molecular weight is 300 g/mol. The fraction of sp³-hybridized carbons (Fsp3) is 0.286. The molecule has 1 rings (SSSR count). The van der Waals surface area contributed by atoms with Gasteiger partial charge in [-0.1, -0.05) is 0 Å². The van der Waals surface area contributed by atoms with E-state index in [-0.39, 0.29) is 0 Å². The van der Waals surface area contributed by atoms with Crippen LogP contribution in [0.25, 0.3) is 0 Å². The van der Waals surface area contributed by atoms with E-state index < -0.39 is 15.2 Å². The van der Waals surface area contributed by atoms with Crippen molar-refractivity contribution in [2.24, 2.45) is 0 Å². The van der Waals surface area contributed by atoms with Gasteiger partial charge in [-0.3, -0.25) is 4.72 Å². The summed E-state index contributed by atoms with van der Waals surface area (Å²) in [5.74, 6) is 0. The summed E-state index contributed by atoms with van der Waals surface area (Å²) in [7, 11) is -3.47. The Labute approximate surface area is 95.9 Å². The molecule has 0 fully saturated rings. The lowest BCUT2D eigenvalue weighted by molar-refractivity contribution is 0.605. The molecule has 0 aliphatic rings. The molecular formula is C7H8BrClN2O2S. The lowest BCUT2D eigenvalue weighted by Crippen LogP contribution is -2.14. The number of rotatable bonds is 3. The van der Waals surface area contributed by atoms with Gasteiger partial charge in [-0.2, -0.15) is 0 Å². The maximum absolute atomic E-state index is 11.1. The van der Waals surface area contributed by atoms with E-state index in [1.165, 1.54) is 0 Å². The van der Waals surface area contributed by atoms with Crippen LogP contribution in [0, 0.1) is 6.92 Å². The molecule has 1 N–H and O–H groups in total. The zero-order valence-corrected chi connectivity index (χ0v) is 10.4. The van der Waals surface area contributed by atoms with E-state index in [4.69, 9.17) is 11.6 Å². The zero-order chi connectivity index (χ0) is 10.8. The third-order valence-corrected chi connectivity index (χ3v) is 3.70. The Morgan fingerprint density at radius 1 is 1.64 bits per heavy atom. The van der Waals surface area contributed by atoms with Gasteiger partial charge in [-0.25, -0.2) is 13.4 Å². The first-order valence-electron chi connectivity index (χ1n) is 3.63. The lowest BCUT2D eigenvalue weighted by atomic mass is 10.3. The van der Waals surface area contributed by atoms with Crippen molar-refractivity contribution in [3.05, 3.63) is 22.4 Å². The van der Waals surface area contributed by atoms with E-state index in [9.17, 15) is 8.42 Å². The number of aryl methyl sites for hydroxylation is 1. The Balaban J connectivity index is 3.03. The summed E-state index contributed by atoms with van der Waals surface area (Å²) in [6.45, 7) is 1.82. The van der Waals surface area contributed by atoms with Crippen LogP contribution in [0.5, 0.6) is 0 Å². The largest absolute Gasteiger partial charge is 0.280 e. The van der Waals surface area contributed by atoms with Crippen molar-refractivity contribution in [1.29, 1.82) is 0 Å². The van der Waals surface area contributed by atoms with Gasteiger partial charge in [0.05, 0.1) is 5.69 Å². The Kier molecular flexibility index (Phi) is 3.74. The van der Waals surface area contributed by atoms with Crippen LogP contribution in [0.1, 0.15) is 5.56 Å². The highest BCUT2D eigenvalue weighted by Crippen LogP contribution is 2.21.